The Morgan fingerprint density at radius 2 is 1.07 bits per heavy atom. The first-order valence-corrected chi connectivity index (χ1v) is 18.7. The molecule has 0 fully saturated rings. The van der Waals surface area contributed by atoms with Gasteiger partial charge in [0.2, 0.25) is 0 Å². The van der Waals surface area contributed by atoms with E-state index in [1.807, 2.05) is 30.3 Å². The van der Waals surface area contributed by atoms with Crippen LogP contribution in [0.1, 0.15) is 22.9 Å². The fraction of sp³-hybridized carbons (Fsp3) is 0.0196. The molecule has 0 spiro atoms. The third kappa shape index (κ3) is 5.38. The molecule has 1 N–H and O–H groups in total. The number of hydrogen-bond acceptors (Lipinski definition) is 4. The van der Waals surface area contributed by atoms with Crippen LogP contribution in [0.25, 0.3) is 76.5 Å². The van der Waals surface area contributed by atoms with Crippen LogP contribution in [0.4, 0.5) is 0 Å². The summed E-state index contributed by atoms with van der Waals surface area (Å²) in [6.45, 7) is 0. The maximum absolute atomic E-state index is 6.59. The Morgan fingerprint density at radius 3 is 1.91 bits per heavy atom. The van der Waals surface area contributed by atoms with Gasteiger partial charge in [-0.2, -0.15) is 0 Å². The second-order valence-corrected chi connectivity index (χ2v) is 14.2. The van der Waals surface area contributed by atoms with Crippen molar-refractivity contribution < 1.29 is 4.42 Å². The van der Waals surface area contributed by atoms with Gasteiger partial charge in [0.25, 0.3) is 0 Å². The summed E-state index contributed by atoms with van der Waals surface area (Å²) >= 11 is 0. The largest absolute Gasteiger partial charge is 0.456 e. The SMILES string of the molecule is c1ccc(C2=NC(c3cc(-c4ccc5ccc6ccccc6c5c4)c4c(c3)oc3ccccc34)=NC(c3ccc(-c4cccc5ccccc45)cc3)N2)cc1. The monoisotopic (exact) mass is 703 g/mol. The number of aliphatic imine (C=N–C) groups is 2. The lowest BCUT2D eigenvalue weighted by molar-refractivity contribution is 0.667. The topological polar surface area (TPSA) is 49.9 Å². The molecule has 1 atom stereocenters. The van der Waals surface area contributed by atoms with Crippen LogP contribution < -0.4 is 5.32 Å². The van der Waals surface area contributed by atoms with Crippen molar-refractivity contribution in [3.8, 4) is 22.3 Å². The van der Waals surface area contributed by atoms with Crippen molar-refractivity contribution in [1.82, 2.24) is 5.32 Å². The van der Waals surface area contributed by atoms with E-state index in [2.05, 4.69) is 163 Å². The van der Waals surface area contributed by atoms with E-state index in [4.69, 9.17) is 14.4 Å². The van der Waals surface area contributed by atoms with Crippen LogP contribution >= 0.6 is 0 Å². The standard InChI is InChI=1S/C51H33N3O/c1-2-13-36(14-3-1)49-52-50(37-26-23-34(24-27-37)41-19-10-15-32-11-4-6-16-40(32)41)54-51(53-49)39-30-45(48-43-18-8-9-20-46(43)55-47(48)31-39)38-28-25-35-22-21-33-12-5-7-17-42(33)44(35)29-38/h1-31,50H,(H,52,53,54). The molecule has 2 heterocycles. The Hall–Kier alpha value is -7.30. The minimum Gasteiger partial charge on any atom is -0.456 e. The summed E-state index contributed by atoms with van der Waals surface area (Å²) in [7, 11) is 0. The molecule has 55 heavy (non-hydrogen) atoms. The highest BCUT2D eigenvalue weighted by atomic mass is 16.3. The zero-order chi connectivity index (χ0) is 36.3. The van der Waals surface area contributed by atoms with Crippen LogP contribution in [0.15, 0.2) is 202 Å². The molecule has 1 aliphatic heterocycles. The van der Waals surface area contributed by atoms with E-state index >= 15 is 0 Å². The normalized spacial score (nSPS) is 14.4. The smallest absolute Gasteiger partial charge is 0.159 e. The van der Waals surface area contributed by atoms with Crippen molar-refractivity contribution >= 4 is 65.9 Å². The molecule has 1 unspecified atom stereocenters. The van der Waals surface area contributed by atoms with E-state index in [1.54, 1.807) is 0 Å². The van der Waals surface area contributed by atoms with Gasteiger partial charge < -0.3 is 9.73 Å². The zero-order valence-electron chi connectivity index (χ0n) is 29.8. The van der Waals surface area contributed by atoms with Gasteiger partial charge in [-0.05, 0) is 84.4 Å². The molecule has 0 aliphatic carbocycles. The lowest BCUT2D eigenvalue weighted by atomic mass is 9.93. The highest BCUT2D eigenvalue weighted by Gasteiger charge is 2.24. The molecule has 0 amide bonds. The molecule has 0 saturated carbocycles. The molecule has 0 bridgehead atoms. The molecule has 9 aromatic carbocycles. The molecule has 4 nitrogen and oxygen atoms in total. The van der Waals surface area contributed by atoms with Crippen molar-refractivity contribution in [2.24, 2.45) is 9.98 Å². The molecule has 258 valence electrons. The van der Waals surface area contributed by atoms with Crippen molar-refractivity contribution in [2.45, 2.75) is 6.17 Å². The van der Waals surface area contributed by atoms with E-state index in [-0.39, 0.29) is 6.17 Å². The highest BCUT2D eigenvalue weighted by Crippen LogP contribution is 2.40. The third-order valence-electron chi connectivity index (χ3n) is 10.9. The summed E-state index contributed by atoms with van der Waals surface area (Å²) < 4.78 is 6.59. The lowest BCUT2D eigenvalue weighted by Gasteiger charge is -2.24. The molecular formula is C51H33N3O. The van der Waals surface area contributed by atoms with E-state index in [1.165, 1.54) is 43.4 Å². The molecule has 1 aromatic heterocycles. The van der Waals surface area contributed by atoms with Gasteiger partial charge in [0.1, 0.15) is 23.2 Å². The van der Waals surface area contributed by atoms with Crippen molar-refractivity contribution in [2.75, 3.05) is 0 Å². The minimum absolute atomic E-state index is 0.355. The van der Waals surface area contributed by atoms with Gasteiger partial charge in [0.15, 0.2) is 5.84 Å². The second-order valence-electron chi connectivity index (χ2n) is 14.2. The summed E-state index contributed by atoms with van der Waals surface area (Å²) in [5, 5.41) is 13.2. The lowest BCUT2D eigenvalue weighted by Crippen LogP contribution is -2.33. The summed E-state index contributed by atoms with van der Waals surface area (Å²) in [5.74, 6) is 1.42. The van der Waals surface area contributed by atoms with Gasteiger partial charge in [0.05, 0.1) is 0 Å². The first-order chi connectivity index (χ1) is 27.2. The van der Waals surface area contributed by atoms with Gasteiger partial charge in [-0.1, -0.05) is 164 Å². The van der Waals surface area contributed by atoms with Crippen molar-refractivity contribution in [3.05, 3.63) is 205 Å². The number of hydrogen-bond donors (Lipinski definition) is 1. The van der Waals surface area contributed by atoms with Crippen LogP contribution in [0.5, 0.6) is 0 Å². The number of amidine groups is 2. The predicted octanol–water partition coefficient (Wildman–Crippen LogP) is 12.9. The summed E-state index contributed by atoms with van der Waals surface area (Å²) in [6, 6.07) is 66.5. The fourth-order valence-electron chi connectivity index (χ4n) is 8.19. The highest BCUT2D eigenvalue weighted by molar-refractivity contribution is 6.19. The second kappa shape index (κ2) is 12.7. The van der Waals surface area contributed by atoms with E-state index in [0.29, 0.717) is 5.84 Å². The predicted molar refractivity (Wildman–Crippen MR) is 229 cm³/mol. The summed E-state index contributed by atoms with van der Waals surface area (Å²) in [5.41, 5.74) is 9.19. The molecule has 10 aromatic rings. The summed E-state index contributed by atoms with van der Waals surface area (Å²) in [4.78, 5) is 10.5. The van der Waals surface area contributed by atoms with Crippen LogP contribution in [0, 0.1) is 0 Å². The molecule has 0 saturated heterocycles. The van der Waals surface area contributed by atoms with E-state index < -0.39 is 0 Å². The van der Waals surface area contributed by atoms with E-state index in [0.717, 1.165) is 55.6 Å². The number of benzene rings is 9. The Labute approximate surface area is 317 Å². The van der Waals surface area contributed by atoms with Gasteiger partial charge in [-0.3, -0.25) is 0 Å². The van der Waals surface area contributed by atoms with Crippen LogP contribution in [0.2, 0.25) is 0 Å². The Kier molecular flexibility index (Phi) is 7.20. The zero-order valence-corrected chi connectivity index (χ0v) is 29.8. The summed E-state index contributed by atoms with van der Waals surface area (Å²) in [6.07, 6.45) is -0.355. The molecule has 4 heteroatoms. The van der Waals surface area contributed by atoms with Crippen molar-refractivity contribution in [1.29, 1.82) is 0 Å². The fourth-order valence-corrected chi connectivity index (χ4v) is 8.19. The number of rotatable bonds is 5. The number of nitrogens with zero attached hydrogens (tertiary/aromatic N) is 2. The van der Waals surface area contributed by atoms with Gasteiger partial charge in [-0.15, -0.1) is 0 Å². The van der Waals surface area contributed by atoms with Gasteiger partial charge in [0, 0.05) is 21.9 Å². The maximum Gasteiger partial charge on any atom is 0.159 e. The first kappa shape index (κ1) is 31.2. The first-order valence-electron chi connectivity index (χ1n) is 18.7. The van der Waals surface area contributed by atoms with Crippen LogP contribution in [0.3, 0.4) is 0 Å². The van der Waals surface area contributed by atoms with Crippen LogP contribution in [-0.4, -0.2) is 11.7 Å². The average Bonchev–Trinajstić information content (AvgIpc) is 3.64. The minimum atomic E-state index is -0.355. The third-order valence-corrected chi connectivity index (χ3v) is 10.9. The van der Waals surface area contributed by atoms with Gasteiger partial charge in [-0.25, -0.2) is 9.98 Å². The quantitative estimate of drug-likeness (QED) is 0.181. The molecule has 11 rings (SSSR count). The molecular weight excluding hydrogens is 671 g/mol. The molecule has 0 radical (unpaired) electrons. The van der Waals surface area contributed by atoms with Crippen LogP contribution in [-0.2, 0) is 0 Å². The average molecular weight is 704 g/mol. The number of furan rings is 1. The molecule has 1 aliphatic rings. The number of para-hydroxylation sites is 1. The Bertz CT molecular complexity index is 3170. The van der Waals surface area contributed by atoms with Crippen molar-refractivity contribution in [3.63, 3.8) is 0 Å². The number of fused-ring (bicyclic) bond motifs is 7. The van der Waals surface area contributed by atoms with E-state index in [9.17, 15) is 0 Å². The number of nitrogens with one attached hydrogen (secondary N) is 1. The van der Waals surface area contributed by atoms with Gasteiger partial charge >= 0.3 is 0 Å². The maximum atomic E-state index is 6.59. The Morgan fingerprint density at radius 1 is 0.418 bits per heavy atom. The Balaban J connectivity index is 1.08.